The highest BCUT2D eigenvalue weighted by Crippen LogP contribution is 2.19. The molecule has 6 heteroatoms. The number of hydrogen-bond acceptors (Lipinski definition) is 4. The maximum Gasteiger partial charge on any atom is 0.421 e. The van der Waals surface area contributed by atoms with Crippen LogP contribution in [-0.4, -0.2) is 23.1 Å². The molecular weight excluding hydrogens is 372 g/mol. The molecule has 0 spiro atoms. The molecule has 0 bridgehead atoms. The number of benzene rings is 2. The van der Waals surface area contributed by atoms with E-state index in [4.69, 9.17) is 9.15 Å². The van der Waals surface area contributed by atoms with E-state index in [-0.39, 0.29) is 5.76 Å². The maximum absolute atomic E-state index is 12.1. The van der Waals surface area contributed by atoms with Gasteiger partial charge in [0.15, 0.2) is 5.58 Å². The zero-order valence-corrected chi connectivity index (χ0v) is 15.2. The van der Waals surface area contributed by atoms with Gasteiger partial charge in [-0.1, -0.05) is 28.1 Å². The molecule has 0 atom stereocenters. The molecule has 0 aliphatic carbocycles. The van der Waals surface area contributed by atoms with Crippen LogP contribution in [0.15, 0.2) is 56.1 Å². The summed E-state index contributed by atoms with van der Waals surface area (Å²) in [6.07, 6.45) is 0. The summed E-state index contributed by atoms with van der Waals surface area (Å²) in [5.74, 6) is 0.521. The fourth-order valence-electron chi connectivity index (χ4n) is 2.63. The third-order valence-corrected chi connectivity index (χ3v) is 4.19. The molecule has 1 heterocycles. The van der Waals surface area contributed by atoms with Crippen molar-refractivity contribution in [2.24, 2.45) is 0 Å². The molecule has 3 rings (SSSR count). The Morgan fingerprint density at radius 2 is 1.96 bits per heavy atom. The van der Waals surface area contributed by atoms with Crippen LogP contribution in [0.1, 0.15) is 12.5 Å². The fraction of sp³-hybridized carbons (Fsp3) is 0.278. The minimum atomic E-state index is -0.346. The Balaban J connectivity index is 1.74. The Morgan fingerprint density at radius 1 is 1.21 bits per heavy atom. The Labute approximate surface area is 148 Å². The third-order valence-electron chi connectivity index (χ3n) is 3.70. The minimum absolute atomic E-state index is 0.346. The molecular formula is C18H19BrN2O3. The number of ether oxygens (including phenoxy) is 1. The van der Waals surface area contributed by atoms with Crippen LogP contribution in [0.4, 0.5) is 0 Å². The summed E-state index contributed by atoms with van der Waals surface area (Å²) in [6.45, 7) is 3.81. The first-order chi connectivity index (χ1) is 11.6. The van der Waals surface area contributed by atoms with Crippen molar-refractivity contribution < 1.29 is 9.15 Å². The smallest absolute Gasteiger partial charge is 0.421 e. The summed E-state index contributed by atoms with van der Waals surface area (Å²) >= 11 is 3.39. The Hall–Kier alpha value is -2.05. The zero-order valence-electron chi connectivity index (χ0n) is 13.7. The Kier molecular flexibility index (Phi) is 5.06. The molecule has 0 unspecified atom stereocenters. The highest BCUT2D eigenvalue weighted by atomic mass is 79.9. The zero-order chi connectivity index (χ0) is 17.1. The van der Waals surface area contributed by atoms with Crippen LogP contribution >= 0.6 is 15.9 Å². The van der Waals surface area contributed by atoms with Crippen LogP contribution in [0, 0.1) is 0 Å². The molecule has 126 valence electrons. The first-order valence-corrected chi connectivity index (χ1v) is 8.55. The van der Waals surface area contributed by atoms with Crippen LogP contribution in [0.25, 0.3) is 11.1 Å². The maximum atomic E-state index is 12.1. The summed E-state index contributed by atoms with van der Waals surface area (Å²) in [5, 5.41) is 0. The molecule has 0 saturated carbocycles. The number of halogens is 1. The van der Waals surface area contributed by atoms with Gasteiger partial charge < -0.3 is 9.15 Å². The van der Waals surface area contributed by atoms with Crippen molar-refractivity contribution in [2.45, 2.75) is 20.1 Å². The Bertz CT molecular complexity index is 883. The summed E-state index contributed by atoms with van der Waals surface area (Å²) in [5.41, 5.74) is 2.54. The van der Waals surface area contributed by atoms with Crippen molar-refractivity contribution in [3.63, 3.8) is 0 Å². The molecule has 2 aromatic carbocycles. The van der Waals surface area contributed by atoms with E-state index in [1.54, 1.807) is 10.6 Å². The number of hydrogen-bond donors (Lipinski definition) is 0. The van der Waals surface area contributed by atoms with Crippen LogP contribution < -0.4 is 10.5 Å². The van der Waals surface area contributed by atoms with Crippen molar-refractivity contribution in [3.05, 3.63) is 63.1 Å². The first-order valence-electron chi connectivity index (χ1n) is 7.76. The summed E-state index contributed by atoms with van der Waals surface area (Å²) < 4.78 is 13.3. The first kappa shape index (κ1) is 16.8. The lowest BCUT2D eigenvalue weighted by molar-refractivity contribution is 0.253. The van der Waals surface area contributed by atoms with Crippen LogP contribution in [0.5, 0.6) is 5.75 Å². The number of oxazole rings is 1. The quantitative estimate of drug-likeness (QED) is 0.641. The highest BCUT2D eigenvalue weighted by Gasteiger charge is 2.11. The number of fused-ring (bicyclic) bond motifs is 1. The SMILES string of the molecule is CCOc1ccc(CN(C)Cn2c(=O)oc3cc(Br)ccc32)cc1. The summed E-state index contributed by atoms with van der Waals surface area (Å²) in [6, 6.07) is 13.6. The van der Waals surface area contributed by atoms with E-state index < -0.39 is 0 Å². The molecule has 3 aromatic rings. The molecule has 0 amide bonds. The predicted octanol–water partition coefficient (Wildman–Crippen LogP) is 3.85. The van der Waals surface area contributed by atoms with Gasteiger partial charge in [0.1, 0.15) is 5.75 Å². The predicted molar refractivity (Wildman–Crippen MR) is 97.3 cm³/mol. The van der Waals surface area contributed by atoms with E-state index in [0.717, 1.165) is 27.8 Å². The molecule has 0 aliphatic heterocycles. The monoisotopic (exact) mass is 390 g/mol. The molecule has 24 heavy (non-hydrogen) atoms. The lowest BCUT2D eigenvalue weighted by atomic mass is 10.2. The highest BCUT2D eigenvalue weighted by molar-refractivity contribution is 9.10. The third kappa shape index (κ3) is 3.71. The van der Waals surface area contributed by atoms with E-state index in [2.05, 4.69) is 20.8 Å². The molecule has 5 nitrogen and oxygen atoms in total. The van der Waals surface area contributed by atoms with Crippen molar-refractivity contribution in [1.82, 2.24) is 9.47 Å². The van der Waals surface area contributed by atoms with Gasteiger partial charge >= 0.3 is 5.76 Å². The van der Waals surface area contributed by atoms with Crippen molar-refractivity contribution in [2.75, 3.05) is 13.7 Å². The van der Waals surface area contributed by atoms with Crippen LogP contribution in [-0.2, 0) is 13.2 Å². The lowest BCUT2D eigenvalue weighted by Crippen LogP contribution is -2.27. The normalized spacial score (nSPS) is 11.3. The molecule has 1 aromatic heterocycles. The van der Waals surface area contributed by atoms with Gasteiger partial charge in [-0.2, -0.15) is 0 Å². The summed E-state index contributed by atoms with van der Waals surface area (Å²) in [7, 11) is 1.97. The number of rotatable bonds is 6. The molecule has 0 radical (unpaired) electrons. The van der Waals surface area contributed by atoms with Crippen molar-refractivity contribution >= 4 is 27.0 Å². The second-order valence-electron chi connectivity index (χ2n) is 5.64. The van der Waals surface area contributed by atoms with Crippen molar-refractivity contribution in [3.8, 4) is 5.75 Å². The lowest BCUT2D eigenvalue weighted by Gasteiger charge is -2.17. The number of nitrogens with zero attached hydrogens (tertiary/aromatic N) is 2. The van der Waals surface area contributed by atoms with E-state index in [0.29, 0.717) is 18.9 Å². The van der Waals surface area contributed by atoms with E-state index in [9.17, 15) is 4.79 Å². The van der Waals surface area contributed by atoms with Gasteiger partial charge in [-0.15, -0.1) is 0 Å². The van der Waals surface area contributed by atoms with Crippen molar-refractivity contribution in [1.29, 1.82) is 0 Å². The number of aromatic nitrogens is 1. The minimum Gasteiger partial charge on any atom is -0.494 e. The van der Waals surface area contributed by atoms with Gasteiger partial charge in [-0.3, -0.25) is 9.47 Å². The van der Waals surface area contributed by atoms with Gasteiger partial charge in [-0.05, 0) is 49.9 Å². The summed E-state index contributed by atoms with van der Waals surface area (Å²) in [4.78, 5) is 14.2. The Morgan fingerprint density at radius 3 is 2.67 bits per heavy atom. The molecule has 0 fully saturated rings. The van der Waals surface area contributed by atoms with Gasteiger partial charge in [0.05, 0.1) is 18.8 Å². The fourth-order valence-corrected chi connectivity index (χ4v) is 2.98. The van der Waals surface area contributed by atoms with Gasteiger partial charge in [0.2, 0.25) is 0 Å². The largest absolute Gasteiger partial charge is 0.494 e. The average molecular weight is 391 g/mol. The molecule has 0 aliphatic rings. The van der Waals surface area contributed by atoms with E-state index in [1.165, 1.54) is 0 Å². The van der Waals surface area contributed by atoms with Gasteiger partial charge in [0, 0.05) is 11.0 Å². The average Bonchev–Trinajstić information content (AvgIpc) is 2.84. The topological polar surface area (TPSA) is 47.6 Å². The van der Waals surface area contributed by atoms with Crippen LogP contribution in [0.3, 0.4) is 0 Å². The van der Waals surface area contributed by atoms with E-state index in [1.807, 2.05) is 50.4 Å². The standard InChI is InChI=1S/C18H19BrN2O3/c1-3-23-15-7-4-13(5-8-15)11-20(2)12-21-16-9-6-14(19)10-17(16)24-18(21)22/h4-10H,3,11-12H2,1-2H3. The molecule has 0 saturated heterocycles. The van der Waals surface area contributed by atoms with E-state index >= 15 is 0 Å². The second-order valence-corrected chi connectivity index (χ2v) is 6.56. The van der Waals surface area contributed by atoms with Crippen LogP contribution in [0.2, 0.25) is 0 Å². The van der Waals surface area contributed by atoms with Gasteiger partial charge in [0.25, 0.3) is 0 Å². The second kappa shape index (κ2) is 7.23. The van der Waals surface area contributed by atoms with Gasteiger partial charge in [-0.25, -0.2) is 4.79 Å². The molecule has 0 N–H and O–H groups in total.